The molecule has 0 aromatic heterocycles. The summed E-state index contributed by atoms with van der Waals surface area (Å²) in [5.41, 5.74) is 0. The van der Waals surface area contributed by atoms with Crippen LogP contribution in [0.4, 0.5) is 0 Å². The highest BCUT2D eigenvalue weighted by atomic mass is 35.6. The third kappa shape index (κ3) is 51.6. The molecule has 0 heterocycles. The highest BCUT2D eigenvalue weighted by Gasteiger charge is 2.14. The molecule has 70 valence electrons. The summed E-state index contributed by atoms with van der Waals surface area (Å²) in [6.07, 6.45) is 0.567. The summed E-state index contributed by atoms with van der Waals surface area (Å²) in [6, 6.07) is 0. The van der Waals surface area contributed by atoms with Crippen LogP contribution in [0.1, 0.15) is 27.2 Å². The molecule has 0 aliphatic heterocycles. The molecule has 0 spiro atoms. The van der Waals surface area contributed by atoms with E-state index in [0.717, 1.165) is 0 Å². The van der Waals surface area contributed by atoms with Gasteiger partial charge in [-0.2, -0.15) is 0 Å². The second-order valence-corrected chi connectivity index (χ2v) is 6.90. The Bertz CT molecular complexity index is 82.1. The summed E-state index contributed by atoms with van der Waals surface area (Å²) in [7, 11) is 0. The molecule has 0 bridgehead atoms. The van der Waals surface area contributed by atoms with Gasteiger partial charge in [0.05, 0.1) is 0 Å². The maximum absolute atomic E-state index is 5.30. The molecule has 0 aliphatic rings. The van der Waals surface area contributed by atoms with Gasteiger partial charge in [0.15, 0.2) is 3.79 Å². The molecule has 0 atom stereocenters. The maximum atomic E-state index is 5.30. The standard InChI is InChI=1S/C3H5Cl3.C3H6Cl2/c1-2-3(4,5)6;1-3(2,4)5/h2H2,1H3;1-2H3. The van der Waals surface area contributed by atoms with Crippen LogP contribution in [0.5, 0.6) is 0 Å². The van der Waals surface area contributed by atoms with E-state index in [1.165, 1.54) is 0 Å². The molecule has 0 N–H and O–H groups in total. The van der Waals surface area contributed by atoms with E-state index in [-0.39, 0.29) is 0 Å². The smallest absolute Gasteiger partial charge is 0.102 e. The summed E-state index contributed by atoms with van der Waals surface area (Å²) in [6.45, 7) is 5.25. The van der Waals surface area contributed by atoms with Crippen molar-refractivity contribution in [2.75, 3.05) is 0 Å². The summed E-state index contributed by atoms with van der Waals surface area (Å²) < 4.78 is -1.60. The molecule has 11 heavy (non-hydrogen) atoms. The Balaban J connectivity index is 0. The van der Waals surface area contributed by atoms with Crippen LogP contribution in [0.15, 0.2) is 0 Å². The summed E-state index contributed by atoms with van der Waals surface area (Å²) >= 11 is 26.3. The average Bonchev–Trinajstić information content (AvgIpc) is 1.59. The van der Waals surface area contributed by atoms with Gasteiger partial charge in [-0.05, 0) is 20.3 Å². The van der Waals surface area contributed by atoms with Gasteiger partial charge in [-0.25, -0.2) is 0 Å². The van der Waals surface area contributed by atoms with Crippen LogP contribution >= 0.6 is 58.0 Å². The zero-order chi connectivity index (χ0) is 9.71. The van der Waals surface area contributed by atoms with Crippen molar-refractivity contribution >= 4 is 58.0 Å². The van der Waals surface area contributed by atoms with Gasteiger partial charge in [0.25, 0.3) is 0 Å². The van der Waals surface area contributed by atoms with Crippen LogP contribution in [-0.4, -0.2) is 8.13 Å². The van der Waals surface area contributed by atoms with Gasteiger partial charge in [-0.3, -0.25) is 0 Å². The maximum Gasteiger partial charge on any atom is 0.190 e. The predicted octanol–water partition coefficient (Wildman–Crippen LogP) is 4.97. The Morgan fingerprint density at radius 3 is 1.00 bits per heavy atom. The third-order valence-corrected chi connectivity index (χ3v) is 1.20. The Morgan fingerprint density at radius 1 is 0.909 bits per heavy atom. The van der Waals surface area contributed by atoms with Gasteiger partial charge in [0, 0.05) is 0 Å². The molecule has 5 heteroatoms. The largest absolute Gasteiger partial charge is 0.190 e. The molecule has 0 rings (SSSR count). The minimum atomic E-state index is -1.04. The van der Waals surface area contributed by atoms with Crippen molar-refractivity contribution in [3.8, 4) is 0 Å². The van der Waals surface area contributed by atoms with E-state index in [9.17, 15) is 0 Å². The van der Waals surface area contributed by atoms with Crippen molar-refractivity contribution in [1.82, 2.24) is 0 Å². The first-order chi connectivity index (χ1) is 4.56. The molecular weight excluding hydrogens is 249 g/mol. The molecule has 0 saturated carbocycles. The quantitative estimate of drug-likeness (QED) is 0.540. The van der Waals surface area contributed by atoms with Gasteiger partial charge >= 0.3 is 0 Å². The van der Waals surface area contributed by atoms with Gasteiger partial charge in [0.1, 0.15) is 4.33 Å². The molecule has 0 aromatic carbocycles. The summed E-state index contributed by atoms with van der Waals surface area (Å²) in [5.74, 6) is 0. The van der Waals surface area contributed by atoms with E-state index < -0.39 is 8.13 Å². The fourth-order valence-electron chi connectivity index (χ4n) is 0. The first-order valence-corrected chi connectivity index (χ1v) is 4.90. The van der Waals surface area contributed by atoms with Crippen LogP contribution in [0, 0.1) is 0 Å². The topological polar surface area (TPSA) is 0 Å². The van der Waals surface area contributed by atoms with Gasteiger partial charge < -0.3 is 0 Å². The highest BCUT2D eigenvalue weighted by Crippen LogP contribution is 2.28. The van der Waals surface area contributed by atoms with Crippen LogP contribution in [0.3, 0.4) is 0 Å². The zero-order valence-electron chi connectivity index (χ0n) is 6.60. The van der Waals surface area contributed by atoms with Crippen molar-refractivity contribution in [1.29, 1.82) is 0 Å². The fourth-order valence-corrected chi connectivity index (χ4v) is 0. The molecule has 0 radical (unpaired) electrons. The Morgan fingerprint density at radius 2 is 1.00 bits per heavy atom. The second-order valence-electron chi connectivity index (χ2n) is 2.30. The lowest BCUT2D eigenvalue weighted by Crippen LogP contribution is -1.95. The van der Waals surface area contributed by atoms with Gasteiger partial charge in [-0.1, -0.05) is 41.7 Å². The van der Waals surface area contributed by atoms with Crippen molar-refractivity contribution in [3.05, 3.63) is 0 Å². The molecule has 0 saturated heterocycles. The lowest BCUT2D eigenvalue weighted by molar-refractivity contribution is 0.974. The van der Waals surface area contributed by atoms with Gasteiger partial charge in [-0.15, -0.1) is 23.2 Å². The monoisotopic (exact) mass is 258 g/mol. The Kier molecular flexibility index (Phi) is 8.14. The number of hydrogen-bond acceptors (Lipinski definition) is 0. The van der Waals surface area contributed by atoms with Crippen LogP contribution in [0.25, 0.3) is 0 Å². The highest BCUT2D eigenvalue weighted by molar-refractivity contribution is 6.67. The molecule has 0 aromatic rings. The first kappa shape index (κ1) is 14.9. The fraction of sp³-hybridized carbons (Fsp3) is 1.00. The van der Waals surface area contributed by atoms with E-state index in [2.05, 4.69) is 0 Å². The van der Waals surface area contributed by atoms with E-state index >= 15 is 0 Å². The number of hydrogen-bond donors (Lipinski definition) is 0. The molecular formula is C6H11Cl5. The lowest BCUT2D eigenvalue weighted by Gasteiger charge is -2.02. The minimum Gasteiger partial charge on any atom is -0.102 e. The Labute approximate surface area is 93.1 Å². The zero-order valence-corrected chi connectivity index (χ0v) is 10.4. The number of rotatable bonds is 0. The molecule has 0 aliphatic carbocycles. The first-order valence-electron chi connectivity index (χ1n) is 3.01. The molecule has 0 amide bonds. The second kappa shape index (κ2) is 5.99. The number of halogens is 5. The van der Waals surface area contributed by atoms with E-state index in [1.807, 2.05) is 6.92 Å². The molecule has 0 unspecified atom stereocenters. The lowest BCUT2D eigenvalue weighted by atomic mass is 10.6. The van der Waals surface area contributed by atoms with Crippen LogP contribution in [-0.2, 0) is 0 Å². The SMILES string of the molecule is CC(C)(Cl)Cl.CCC(Cl)(Cl)Cl. The van der Waals surface area contributed by atoms with E-state index in [4.69, 9.17) is 58.0 Å². The third-order valence-electron chi connectivity index (χ3n) is 0.401. The van der Waals surface area contributed by atoms with Crippen LogP contribution < -0.4 is 0 Å². The predicted molar refractivity (Wildman–Crippen MR) is 56.4 cm³/mol. The average molecular weight is 260 g/mol. The van der Waals surface area contributed by atoms with Gasteiger partial charge in [0.2, 0.25) is 0 Å². The normalized spacial score (nSPS) is 12.0. The Hall–Kier alpha value is 1.45. The van der Waals surface area contributed by atoms with Crippen molar-refractivity contribution in [2.24, 2.45) is 0 Å². The molecule has 0 fully saturated rings. The van der Waals surface area contributed by atoms with Crippen molar-refractivity contribution in [3.63, 3.8) is 0 Å². The molecule has 0 nitrogen and oxygen atoms in total. The van der Waals surface area contributed by atoms with Crippen LogP contribution in [0.2, 0.25) is 0 Å². The van der Waals surface area contributed by atoms with Crippen molar-refractivity contribution < 1.29 is 0 Å². The summed E-state index contributed by atoms with van der Waals surface area (Å²) in [4.78, 5) is 0. The van der Waals surface area contributed by atoms with E-state index in [1.54, 1.807) is 13.8 Å². The minimum absolute atomic E-state index is 0.556. The van der Waals surface area contributed by atoms with Crippen molar-refractivity contribution in [2.45, 2.75) is 35.3 Å². The summed E-state index contributed by atoms with van der Waals surface area (Å²) in [5, 5.41) is 0. The van der Waals surface area contributed by atoms with E-state index in [0.29, 0.717) is 6.42 Å². The number of alkyl halides is 5.